The van der Waals surface area contributed by atoms with Gasteiger partial charge in [0.2, 0.25) is 0 Å². The summed E-state index contributed by atoms with van der Waals surface area (Å²) in [5.41, 5.74) is -5.65. The molecule has 0 aromatic rings. The summed E-state index contributed by atoms with van der Waals surface area (Å²) in [7, 11) is -3.65. The second-order valence-corrected chi connectivity index (χ2v) is 7.54. The predicted molar refractivity (Wildman–Crippen MR) is 79.1 cm³/mol. The quantitative estimate of drug-likeness (QED) is 0.306. The van der Waals surface area contributed by atoms with Crippen LogP contribution in [-0.4, -0.2) is 49.6 Å². The van der Waals surface area contributed by atoms with Crippen LogP contribution in [0.15, 0.2) is 0 Å². The van der Waals surface area contributed by atoms with Gasteiger partial charge in [-0.05, 0) is 12.8 Å². The summed E-state index contributed by atoms with van der Waals surface area (Å²) in [6.45, 7) is 6.60. The molecule has 1 rings (SSSR count). The largest absolute Gasteiger partial charge is 0.741 e. The normalized spacial score (nSPS) is 17.9. The summed E-state index contributed by atoms with van der Waals surface area (Å²) in [6.07, 6.45) is 11.6. The van der Waals surface area contributed by atoms with Crippen LogP contribution in [-0.2, 0) is 10.1 Å². The Morgan fingerprint density at radius 3 is 1.82 bits per heavy atom. The highest BCUT2D eigenvalue weighted by molar-refractivity contribution is 7.86. The van der Waals surface area contributed by atoms with Crippen molar-refractivity contribution in [2.45, 2.75) is 63.8 Å². The van der Waals surface area contributed by atoms with E-state index in [-0.39, 0.29) is 0 Å². The van der Waals surface area contributed by atoms with Crippen molar-refractivity contribution in [1.82, 2.24) is 0 Å². The molecule has 8 heteroatoms. The molecule has 1 aliphatic rings. The summed E-state index contributed by atoms with van der Waals surface area (Å²) in [5.74, 6) is 0. The predicted octanol–water partition coefficient (Wildman–Crippen LogP) is 3.64. The van der Waals surface area contributed by atoms with Crippen LogP contribution in [0.4, 0.5) is 13.2 Å². The molecular formula is C14H28F3NO3S. The van der Waals surface area contributed by atoms with Crippen LogP contribution in [0.1, 0.15) is 58.3 Å². The second kappa shape index (κ2) is 9.72. The van der Waals surface area contributed by atoms with Crippen molar-refractivity contribution < 1.29 is 30.6 Å². The molecule has 4 nitrogen and oxygen atoms in total. The summed E-state index contributed by atoms with van der Waals surface area (Å²) >= 11 is 0. The molecule has 1 saturated heterocycles. The molecule has 22 heavy (non-hydrogen) atoms. The molecule has 0 aromatic carbocycles. The SMILES string of the molecule is CCCCCCCC[N+]1(C)CCCC1.O=S(=O)([O-])C(F)(F)F. The minimum atomic E-state index is -6.09. The lowest BCUT2D eigenvalue weighted by atomic mass is 10.1. The second-order valence-electron chi connectivity index (χ2n) is 6.17. The first-order valence-corrected chi connectivity index (χ1v) is 9.28. The molecule has 0 radical (unpaired) electrons. The Kier molecular flexibility index (Phi) is 9.57. The van der Waals surface area contributed by atoms with Gasteiger partial charge in [-0.25, -0.2) is 8.42 Å². The monoisotopic (exact) mass is 347 g/mol. The molecule has 0 aromatic heterocycles. The molecule has 1 fully saturated rings. The van der Waals surface area contributed by atoms with Crippen molar-refractivity contribution in [3.63, 3.8) is 0 Å². The summed E-state index contributed by atoms with van der Waals surface area (Å²) < 4.78 is 60.3. The maximum absolute atomic E-state index is 10.7. The number of likely N-dealkylation sites (tertiary alicyclic amines) is 1. The Labute approximate surface area is 132 Å². The van der Waals surface area contributed by atoms with Gasteiger partial charge >= 0.3 is 5.51 Å². The lowest BCUT2D eigenvalue weighted by molar-refractivity contribution is -0.897. The number of rotatable bonds is 7. The van der Waals surface area contributed by atoms with Gasteiger partial charge in [0.05, 0.1) is 26.7 Å². The van der Waals surface area contributed by atoms with Gasteiger partial charge in [-0.1, -0.05) is 32.6 Å². The minimum absolute atomic E-state index is 1.37. The highest BCUT2D eigenvalue weighted by Gasteiger charge is 2.36. The van der Waals surface area contributed by atoms with Gasteiger partial charge in [-0.15, -0.1) is 0 Å². The lowest BCUT2D eigenvalue weighted by Gasteiger charge is -2.29. The average Bonchev–Trinajstić information content (AvgIpc) is 2.79. The maximum atomic E-state index is 10.7. The van der Waals surface area contributed by atoms with Crippen molar-refractivity contribution in [3.8, 4) is 0 Å². The highest BCUT2D eigenvalue weighted by atomic mass is 32.2. The van der Waals surface area contributed by atoms with Gasteiger partial charge in [0.1, 0.15) is 0 Å². The van der Waals surface area contributed by atoms with Gasteiger partial charge in [0.15, 0.2) is 10.1 Å². The number of nitrogens with zero attached hydrogens (tertiary/aromatic N) is 1. The molecule has 0 saturated carbocycles. The number of alkyl halides is 3. The highest BCUT2D eigenvalue weighted by Crippen LogP contribution is 2.20. The molecule has 0 unspecified atom stereocenters. The van der Waals surface area contributed by atoms with Crippen LogP contribution in [0, 0.1) is 0 Å². The number of unbranched alkanes of at least 4 members (excludes halogenated alkanes) is 5. The molecule has 1 heterocycles. The fourth-order valence-corrected chi connectivity index (χ4v) is 2.60. The van der Waals surface area contributed by atoms with E-state index in [0.717, 1.165) is 0 Å². The Hall–Kier alpha value is -0.340. The number of halogens is 3. The third-order valence-corrected chi connectivity index (χ3v) is 4.55. The molecule has 134 valence electrons. The molecule has 0 aliphatic carbocycles. The van der Waals surface area contributed by atoms with Crippen molar-refractivity contribution in [3.05, 3.63) is 0 Å². The van der Waals surface area contributed by atoms with E-state index in [4.69, 9.17) is 13.0 Å². The van der Waals surface area contributed by atoms with E-state index in [0.29, 0.717) is 0 Å². The number of hydrogen-bond donors (Lipinski definition) is 0. The zero-order chi connectivity index (χ0) is 17.3. The molecule has 0 atom stereocenters. The van der Waals surface area contributed by atoms with E-state index < -0.39 is 15.6 Å². The van der Waals surface area contributed by atoms with E-state index >= 15 is 0 Å². The Morgan fingerprint density at radius 2 is 1.41 bits per heavy atom. The van der Waals surface area contributed by atoms with E-state index in [1.165, 1.54) is 75.5 Å². The molecular weight excluding hydrogens is 319 g/mol. The van der Waals surface area contributed by atoms with Gasteiger partial charge < -0.3 is 9.04 Å². The third-order valence-electron chi connectivity index (χ3n) is 3.98. The van der Waals surface area contributed by atoms with Gasteiger partial charge in [-0.3, -0.25) is 0 Å². The topological polar surface area (TPSA) is 57.2 Å². The minimum Gasteiger partial charge on any atom is -0.741 e. The lowest BCUT2D eigenvalue weighted by Crippen LogP contribution is -2.41. The van der Waals surface area contributed by atoms with Crippen LogP contribution in [0.5, 0.6) is 0 Å². The van der Waals surface area contributed by atoms with E-state index in [9.17, 15) is 13.2 Å². The summed E-state index contributed by atoms with van der Waals surface area (Å²) in [6, 6.07) is 0. The molecule has 0 N–H and O–H groups in total. The average molecular weight is 347 g/mol. The first-order chi connectivity index (χ1) is 10.0. The molecule has 1 aliphatic heterocycles. The molecule has 0 bridgehead atoms. The fourth-order valence-electron chi connectivity index (χ4n) is 2.60. The first kappa shape index (κ1) is 21.7. The van der Waals surface area contributed by atoms with Crippen LogP contribution >= 0.6 is 0 Å². The van der Waals surface area contributed by atoms with Crippen molar-refractivity contribution in [2.24, 2.45) is 0 Å². The van der Waals surface area contributed by atoms with Crippen molar-refractivity contribution in [2.75, 3.05) is 26.7 Å². The number of quaternary nitrogens is 1. The smallest absolute Gasteiger partial charge is 0.485 e. The van der Waals surface area contributed by atoms with Gasteiger partial charge in [-0.2, -0.15) is 13.2 Å². The molecule has 0 amide bonds. The zero-order valence-electron chi connectivity index (χ0n) is 13.5. The van der Waals surface area contributed by atoms with Crippen molar-refractivity contribution in [1.29, 1.82) is 0 Å². The Morgan fingerprint density at radius 1 is 1.00 bits per heavy atom. The summed E-state index contributed by atoms with van der Waals surface area (Å²) in [5, 5.41) is 0. The number of hydrogen-bond acceptors (Lipinski definition) is 3. The third kappa shape index (κ3) is 9.63. The van der Waals surface area contributed by atoms with E-state index in [1.807, 2.05) is 0 Å². The van der Waals surface area contributed by atoms with Crippen LogP contribution in [0.25, 0.3) is 0 Å². The standard InChI is InChI=1S/C13H28N.CHF3O3S/c1-3-4-5-6-7-8-11-14(2)12-9-10-13-14;2-1(3,4)8(5,6)7/h3-13H2,1-2H3;(H,5,6,7)/q+1;/p-1. The van der Waals surface area contributed by atoms with Crippen LogP contribution < -0.4 is 0 Å². The van der Waals surface area contributed by atoms with Gasteiger partial charge in [0.25, 0.3) is 0 Å². The first-order valence-electron chi connectivity index (χ1n) is 7.87. The zero-order valence-corrected chi connectivity index (χ0v) is 14.3. The van der Waals surface area contributed by atoms with Crippen molar-refractivity contribution >= 4 is 10.1 Å². The molecule has 0 spiro atoms. The summed E-state index contributed by atoms with van der Waals surface area (Å²) in [4.78, 5) is 0. The maximum Gasteiger partial charge on any atom is 0.485 e. The van der Waals surface area contributed by atoms with E-state index in [1.54, 1.807) is 0 Å². The fraction of sp³-hybridized carbons (Fsp3) is 1.00. The van der Waals surface area contributed by atoms with Crippen LogP contribution in [0.3, 0.4) is 0 Å². The van der Waals surface area contributed by atoms with Gasteiger partial charge in [0, 0.05) is 12.8 Å². The Balaban J connectivity index is 0.000000472. The van der Waals surface area contributed by atoms with E-state index in [2.05, 4.69) is 14.0 Å². The van der Waals surface area contributed by atoms with Crippen LogP contribution in [0.2, 0.25) is 0 Å². The Bertz CT molecular complexity index is 391.